The molecule has 0 bridgehead atoms. The Morgan fingerprint density at radius 3 is 2.71 bits per heavy atom. The number of hydrogen-bond donors (Lipinski definition) is 0. The molecule has 0 spiro atoms. The van der Waals surface area contributed by atoms with Gasteiger partial charge in [0.25, 0.3) is 0 Å². The fourth-order valence-corrected chi connectivity index (χ4v) is 1.46. The van der Waals surface area contributed by atoms with Crippen LogP contribution in [-0.2, 0) is 0 Å². The Hall–Kier alpha value is -1.41. The van der Waals surface area contributed by atoms with Crippen LogP contribution in [0.3, 0.4) is 0 Å². The van der Waals surface area contributed by atoms with Gasteiger partial charge in [0.2, 0.25) is 0 Å². The molecular weight excluding hydrogens is 201 g/mol. The molecule has 2 rings (SSSR count). The summed E-state index contributed by atoms with van der Waals surface area (Å²) in [5.41, 5.74) is 1.30. The van der Waals surface area contributed by atoms with Crippen molar-refractivity contribution in [2.45, 2.75) is 0 Å². The lowest BCUT2D eigenvalue weighted by atomic mass is 10.1. The van der Waals surface area contributed by atoms with E-state index in [1.165, 1.54) is 12.1 Å². The minimum Gasteiger partial charge on any atom is -0.255 e. The third-order valence-electron chi connectivity index (χ3n) is 1.86. The standard InChI is InChI=1S/C11H7ClFN/c12-10-5-2-6-14-11(10)8-3-1-4-9(13)7-8/h1-7H. The summed E-state index contributed by atoms with van der Waals surface area (Å²) in [5, 5.41) is 0.526. The SMILES string of the molecule is Fc1cccc(-c2ncccc2Cl)c1. The Bertz CT molecular complexity index is 457. The molecule has 1 aromatic carbocycles. The summed E-state index contributed by atoms with van der Waals surface area (Å²) in [6.45, 7) is 0. The van der Waals surface area contributed by atoms with Crippen LogP contribution in [0.1, 0.15) is 0 Å². The van der Waals surface area contributed by atoms with Crippen molar-refractivity contribution in [1.29, 1.82) is 0 Å². The van der Waals surface area contributed by atoms with Crippen molar-refractivity contribution in [2.75, 3.05) is 0 Å². The monoisotopic (exact) mass is 207 g/mol. The predicted molar refractivity (Wildman–Crippen MR) is 54.6 cm³/mol. The van der Waals surface area contributed by atoms with Gasteiger partial charge in [-0.3, -0.25) is 4.98 Å². The van der Waals surface area contributed by atoms with Crippen molar-refractivity contribution in [1.82, 2.24) is 4.98 Å². The maximum atomic E-state index is 12.9. The number of hydrogen-bond acceptors (Lipinski definition) is 1. The summed E-state index contributed by atoms with van der Waals surface area (Å²) in [5.74, 6) is -0.288. The van der Waals surface area contributed by atoms with Crippen LogP contribution >= 0.6 is 11.6 Å². The minimum absolute atomic E-state index is 0.288. The van der Waals surface area contributed by atoms with Gasteiger partial charge >= 0.3 is 0 Å². The second-order valence-corrected chi connectivity index (χ2v) is 3.25. The Balaban J connectivity index is 2.55. The van der Waals surface area contributed by atoms with Crippen LogP contribution in [0, 0.1) is 5.82 Å². The largest absolute Gasteiger partial charge is 0.255 e. The Morgan fingerprint density at radius 2 is 2.00 bits per heavy atom. The van der Waals surface area contributed by atoms with E-state index in [1.807, 2.05) is 0 Å². The normalized spacial score (nSPS) is 10.1. The molecule has 0 saturated carbocycles. The van der Waals surface area contributed by atoms with Gasteiger partial charge in [0, 0.05) is 11.8 Å². The molecule has 70 valence electrons. The van der Waals surface area contributed by atoms with Gasteiger partial charge in [-0.05, 0) is 24.3 Å². The summed E-state index contributed by atoms with van der Waals surface area (Å²) in [6, 6.07) is 9.68. The van der Waals surface area contributed by atoms with Gasteiger partial charge < -0.3 is 0 Å². The fourth-order valence-electron chi connectivity index (χ4n) is 1.23. The third-order valence-corrected chi connectivity index (χ3v) is 2.16. The zero-order valence-electron chi connectivity index (χ0n) is 7.24. The molecule has 2 aromatic rings. The molecule has 0 aliphatic heterocycles. The van der Waals surface area contributed by atoms with Crippen LogP contribution in [0.25, 0.3) is 11.3 Å². The van der Waals surface area contributed by atoms with Crippen molar-refractivity contribution in [2.24, 2.45) is 0 Å². The first-order valence-electron chi connectivity index (χ1n) is 4.14. The van der Waals surface area contributed by atoms with Crippen LogP contribution < -0.4 is 0 Å². The second-order valence-electron chi connectivity index (χ2n) is 2.84. The first kappa shape index (κ1) is 9.16. The summed E-state index contributed by atoms with van der Waals surface area (Å²) in [4.78, 5) is 4.09. The second kappa shape index (κ2) is 3.76. The van der Waals surface area contributed by atoms with Crippen molar-refractivity contribution in [3.05, 3.63) is 53.4 Å². The molecule has 0 atom stereocenters. The van der Waals surface area contributed by atoms with Gasteiger partial charge in [-0.15, -0.1) is 0 Å². The minimum atomic E-state index is -0.288. The maximum Gasteiger partial charge on any atom is 0.123 e. The molecule has 0 unspecified atom stereocenters. The van der Waals surface area contributed by atoms with Crippen LogP contribution in [0.2, 0.25) is 5.02 Å². The molecule has 0 fully saturated rings. The van der Waals surface area contributed by atoms with E-state index in [9.17, 15) is 4.39 Å². The highest BCUT2D eigenvalue weighted by atomic mass is 35.5. The van der Waals surface area contributed by atoms with E-state index in [1.54, 1.807) is 30.5 Å². The highest BCUT2D eigenvalue weighted by molar-refractivity contribution is 6.33. The zero-order chi connectivity index (χ0) is 9.97. The Labute approximate surface area is 86.2 Å². The van der Waals surface area contributed by atoms with Gasteiger partial charge in [-0.2, -0.15) is 0 Å². The number of aromatic nitrogens is 1. The number of pyridine rings is 1. The van der Waals surface area contributed by atoms with E-state index in [0.717, 1.165) is 0 Å². The highest BCUT2D eigenvalue weighted by Crippen LogP contribution is 2.25. The Kier molecular flexibility index (Phi) is 2.46. The quantitative estimate of drug-likeness (QED) is 0.697. The van der Waals surface area contributed by atoms with Crippen LogP contribution in [-0.4, -0.2) is 4.98 Å². The van der Waals surface area contributed by atoms with Crippen molar-refractivity contribution < 1.29 is 4.39 Å². The van der Waals surface area contributed by atoms with Crippen LogP contribution in [0.4, 0.5) is 4.39 Å². The molecule has 14 heavy (non-hydrogen) atoms. The van der Waals surface area contributed by atoms with E-state index in [2.05, 4.69) is 4.98 Å². The summed E-state index contributed by atoms with van der Waals surface area (Å²) < 4.78 is 12.9. The van der Waals surface area contributed by atoms with Gasteiger partial charge in [-0.1, -0.05) is 23.7 Å². The maximum absolute atomic E-state index is 12.9. The molecule has 0 saturated heterocycles. The third kappa shape index (κ3) is 1.75. The number of rotatable bonds is 1. The van der Waals surface area contributed by atoms with Gasteiger partial charge in [-0.25, -0.2) is 4.39 Å². The highest BCUT2D eigenvalue weighted by Gasteiger charge is 2.04. The molecule has 3 heteroatoms. The van der Waals surface area contributed by atoms with Crippen molar-refractivity contribution in [3.63, 3.8) is 0 Å². The number of benzene rings is 1. The average molecular weight is 208 g/mol. The van der Waals surface area contributed by atoms with E-state index < -0.39 is 0 Å². The number of halogens is 2. The van der Waals surface area contributed by atoms with E-state index in [0.29, 0.717) is 16.3 Å². The molecule has 0 N–H and O–H groups in total. The lowest BCUT2D eigenvalue weighted by Gasteiger charge is -2.02. The Morgan fingerprint density at radius 1 is 1.14 bits per heavy atom. The van der Waals surface area contributed by atoms with Crippen molar-refractivity contribution >= 4 is 11.6 Å². The van der Waals surface area contributed by atoms with E-state index in [4.69, 9.17) is 11.6 Å². The average Bonchev–Trinajstić information content (AvgIpc) is 2.18. The molecule has 0 amide bonds. The lowest BCUT2D eigenvalue weighted by Crippen LogP contribution is -1.84. The first-order valence-corrected chi connectivity index (χ1v) is 4.51. The zero-order valence-corrected chi connectivity index (χ0v) is 8.00. The molecule has 0 aliphatic rings. The predicted octanol–water partition coefficient (Wildman–Crippen LogP) is 3.54. The van der Waals surface area contributed by atoms with E-state index in [-0.39, 0.29) is 5.82 Å². The molecular formula is C11H7ClFN. The lowest BCUT2D eigenvalue weighted by molar-refractivity contribution is 0.628. The summed E-state index contributed by atoms with van der Waals surface area (Å²) in [7, 11) is 0. The van der Waals surface area contributed by atoms with Gasteiger partial charge in [0.05, 0.1) is 10.7 Å². The van der Waals surface area contributed by atoms with Crippen molar-refractivity contribution in [3.8, 4) is 11.3 Å². The van der Waals surface area contributed by atoms with E-state index >= 15 is 0 Å². The van der Waals surface area contributed by atoms with Gasteiger partial charge in [0.1, 0.15) is 5.82 Å². The summed E-state index contributed by atoms with van der Waals surface area (Å²) >= 11 is 5.93. The van der Waals surface area contributed by atoms with Gasteiger partial charge in [0.15, 0.2) is 0 Å². The van der Waals surface area contributed by atoms with Crippen LogP contribution in [0.5, 0.6) is 0 Å². The molecule has 1 nitrogen and oxygen atoms in total. The van der Waals surface area contributed by atoms with Crippen LogP contribution in [0.15, 0.2) is 42.6 Å². The fraction of sp³-hybridized carbons (Fsp3) is 0. The molecule has 0 aliphatic carbocycles. The smallest absolute Gasteiger partial charge is 0.123 e. The molecule has 1 heterocycles. The molecule has 0 radical (unpaired) electrons. The first-order chi connectivity index (χ1) is 6.77. The number of nitrogens with zero attached hydrogens (tertiary/aromatic N) is 1. The summed E-state index contributed by atoms with van der Waals surface area (Å²) in [6.07, 6.45) is 1.63. The molecule has 1 aromatic heterocycles. The topological polar surface area (TPSA) is 12.9 Å².